The minimum atomic E-state index is -0.762. The second-order valence-electron chi connectivity index (χ2n) is 7.82. The Morgan fingerprint density at radius 1 is 1.12 bits per heavy atom. The maximum absolute atomic E-state index is 10.6. The van der Waals surface area contributed by atoms with Gasteiger partial charge in [-0.25, -0.2) is 0 Å². The average Bonchev–Trinajstić information content (AvgIpc) is 2.81. The normalized spacial score (nSPS) is 21.4. The van der Waals surface area contributed by atoms with Crippen LogP contribution < -0.4 is 0 Å². The molecule has 32 heavy (non-hydrogen) atoms. The Labute approximate surface area is 189 Å². The van der Waals surface area contributed by atoms with Crippen molar-refractivity contribution in [2.75, 3.05) is 6.61 Å². The van der Waals surface area contributed by atoms with Crippen LogP contribution in [-0.4, -0.2) is 36.3 Å². The van der Waals surface area contributed by atoms with Gasteiger partial charge in [-0.2, -0.15) is 0 Å². The van der Waals surface area contributed by atoms with Gasteiger partial charge in [0.15, 0.2) is 12.4 Å². The minimum Gasteiger partial charge on any atom is -0.481 e. The van der Waals surface area contributed by atoms with Gasteiger partial charge >= 0.3 is 5.97 Å². The number of unbranched alkanes of at least 4 members (excludes halogenated alkanes) is 1. The molecule has 0 saturated carbocycles. The van der Waals surface area contributed by atoms with Crippen molar-refractivity contribution in [2.45, 2.75) is 51.1 Å². The molecule has 0 aromatic heterocycles. The molecule has 170 valence electrons. The van der Waals surface area contributed by atoms with Gasteiger partial charge in [0.25, 0.3) is 0 Å². The number of ether oxygens (including phenoxy) is 2. The Hall–Kier alpha value is -2.96. The van der Waals surface area contributed by atoms with E-state index in [-0.39, 0.29) is 30.8 Å². The molecule has 0 amide bonds. The third-order valence-corrected chi connectivity index (χ3v) is 5.30. The quantitative estimate of drug-likeness (QED) is 0.222. The van der Waals surface area contributed by atoms with Crippen LogP contribution in [0.1, 0.15) is 49.8 Å². The number of benzene rings is 2. The minimum absolute atomic E-state index is 0.112. The summed E-state index contributed by atoms with van der Waals surface area (Å²) in [6.07, 6.45) is 7.30. The number of carboxylic acids is 1. The number of allylic oxidation sites excluding steroid dienone is 2. The van der Waals surface area contributed by atoms with Gasteiger partial charge in [0, 0.05) is 12.3 Å². The summed E-state index contributed by atoms with van der Waals surface area (Å²) < 4.78 is 11.6. The standard InChI is InChI=1S/C26H31NO5/c1-20-30-19-23(16-6-2-3-11-17-25(28)29)24(31-20)18-27-32-26(21-12-7-4-8-13-21)22-14-9-5-10-15-22/h2,4-10,12-15,18,20,23-24,26H,3,11,16-17,19H2,1H3,(H,28,29)/t20-,23+,24+/m1/s1. The molecule has 1 fully saturated rings. The van der Waals surface area contributed by atoms with Crippen molar-refractivity contribution in [1.29, 1.82) is 0 Å². The lowest BCUT2D eigenvalue weighted by Gasteiger charge is -2.32. The van der Waals surface area contributed by atoms with E-state index in [0.717, 1.165) is 24.0 Å². The zero-order chi connectivity index (χ0) is 22.6. The van der Waals surface area contributed by atoms with Crippen molar-refractivity contribution in [3.63, 3.8) is 0 Å². The van der Waals surface area contributed by atoms with Crippen LogP contribution in [0, 0.1) is 5.92 Å². The van der Waals surface area contributed by atoms with Gasteiger partial charge in [-0.15, -0.1) is 0 Å². The monoisotopic (exact) mass is 437 g/mol. The maximum Gasteiger partial charge on any atom is 0.303 e. The van der Waals surface area contributed by atoms with Crippen LogP contribution in [0.2, 0.25) is 0 Å². The number of aliphatic carboxylic acids is 1. The van der Waals surface area contributed by atoms with Gasteiger partial charge in [-0.3, -0.25) is 4.79 Å². The van der Waals surface area contributed by atoms with E-state index in [1.54, 1.807) is 6.21 Å². The number of hydrogen-bond donors (Lipinski definition) is 1. The summed E-state index contributed by atoms with van der Waals surface area (Å²) >= 11 is 0. The Kier molecular flexibility index (Phi) is 9.47. The molecule has 6 nitrogen and oxygen atoms in total. The average molecular weight is 438 g/mol. The van der Waals surface area contributed by atoms with Crippen LogP contribution >= 0.6 is 0 Å². The highest BCUT2D eigenvalue weighted by molar-refractivity contribution is 5.66. The topological polar surface area (TPSA) is 77.4 Å². The molecule has 6 heteroatoms. The molecule has 1 heterocycles. The molecule has 3 rings (SSSR count). The Morgan fingerprint density at radius 3 is 2.41 bits per heavy atom. The van der Waals surface area contributed by atoms with Crippen molar-refractivity contribution in [3.8, 4) is 0 Å². The highest BCUT2D eigenvalue weighted by Gasteiger charge is 2.28. The Bertz CT molecular complexity index is 829. The molecule has 1 aliphatic heterocycles. The molecule has 0 radical (unpaired) electrons. The first-order chi connectivity index (χ1) is 15.6. The fraction of sp³-hybridized carbons (Fsp3) is 0.385. The maximum atomic E-state index is 10.6. The molecule has 1 saturated heterocycles. The lowest BCUT2D eigenvalue weighted by Crippen LogP contribution is -2.39. The van der Waals surface area contributed by atoms with Crippen molar-refractivity contribution in [1.82, 2.24) is 0 Å². The van der Waals surface area contributed by atoms with Crippen LogP contribution in [0.3, 0.4) is 0 Å². The zero-order valence-electron chi connectivity index (χ0n) is 18.4. The van der Waals surface area contributed by atoms with Gasteiger partial charge in [-0.1, -0.05) is 78.0 Å². The number of rotatable bonds is 11. The number of oxime groups is 1. The lowest BCUT2D eigenvalue weighted by molar-refractivity contribution is -0.207. The largest absolute Gasteiger partial charge is 0.481 e. The van der Waals surface area contributed by atoms with Crippen molar-refractivity contribution < 1.29 is 24.2 Å². The molecule has 0 spiro atoms. The molecule has 0 bridgehead atoms. The van der Waals surface area contributed by atoms with Crippen molar-refractivity contribution >= 4 is 12.2 Å². The second kappa shape index (κ2) is 12.8. The fourth-order valence-corrected chi connectivity index (χ4v) is 3.57. The van der Waals surface area contributed by atoms with Crippen LogP contribution in [0.15, 0.2) is 78.0 Å². The highest BCUT2D eigenvalue weighted by Crippen LogP contribution is 2.27. The van der Waals surface area contributed by atoms with E-state index >= 15 is 0 Å². The molecule has 0 aliphatic carbocycles. The van der Waals surface area contributed by atoms with E-state index in [1.807, 2.05) is 73.7 Å². The van der Waals surface area contributed by atoms with E-state index < -0.39 is 5.97 Å². The molecule has 3 atom stereocenters. The van der Waals surface area contributed by atoms with Crippen LogP contribution in [0.25, 0.3) is 0 Å². The van der Waals surface area contributed by atoms with Gasteiger partial charge in [0.05, 0.1) is 12.8 Å². The summed E-state index contributed by atoms with van der Waals surface area (Å²) in [4.78, 5) is 16.6. The van der Waals surface area contributed by atoms with E-state index in [1.165, 1.54) is 0 Å². The third-order valence-electron chi connectivity index (χ3n) is 5.30. The van der Waals surface area contributed by atoms with E-state index in [4.69, 9.17) is 19.4 Å². The van der Waals surface area contributed by atoms with Crippen LogP contribution in [0.5, 0.6) is 0 Å². The molecule has 0 unspecified atom stereocenters. The Morgan fingerprint density at radius 2 is 1.78 bits per heavy atom. The SMILES string of the molecule is C[C@@H]1OC[C@H](CC=CCCCC(=O)O)[C@H](C=NOC(c2ccccc2)c2ccccc2)O1. The van der Waals surface area contributed by atoms with Crippen molar-refractivity contribution in [3.05, 3.63) is 83.9 Å². The first kappa shape index (κ1) is 23.7. The summed E-state index contributed by atoms with van der Waals surface area (Å²) in [5.74, 6) is -0.650. The van der Waals surface area contributed by atoms with E-state index in [9.17, 15) is 4.79 Å². The van der Waals surface area contributed by atoms with Gasteiger partial charge in [-0.05, 0) is 37.3 Å². The predicted octanol–water partition coefficient (Wildman–Crippen LogP) is 5.36. The Balaban J connectivity index is 1.61. The molecule has 2 aromatic rings. The predicted molar refractivity (Wildman–Crippen MR) is 123 cm³/mol. The number of nitrogens with zero attached hydrogens (tertiary/aromatic N) is 1. The number of carbonyl (C=O) groups is 1. The van der Waals surface area contributed by atoms with E-state index in [0.29, 0.717) is 13.0 Å². The molecule has 1 N–H and O–H groups in total. The third kappa shape index (κ3) is 7.62. The molecular weight excluding hydrogens is 406 g/mol. The first-order valence-corrected chi connectivity index (χ1v) is 11.1. The van der Waals surface area contributed by atoms with Crippen LogP contribution in [-0.2, 0) is 19.1 Å². The van der Waals surface area contributed by atoms with Gasteiger partial charge in [0.1, 0.15) is 6.10 Å². The summed E-state index contributed by atoms with van der Waals surface area (Å²) in [7, 11) is 0. The van der Waals surface area contributed by atoms with Crippen molar-refractivity contribution in [2.24, 2.45) is 11.1 Å². The molecular formula is C26H31NO5. The number of carboxylic acid groups (broad SMARTS) is 1. The van der Waals surface area contributed by atoms with Gasteiger partial charge in [0.2, 0.25) is 0 Å². The van der Waals surface area contributed by atoms with Gasteiger partial charge < -0.3 is 19.4 Å². The molecule has 1 aliphatic rings. The molecule has 2 aromatic carbocycles. The summed E-state index contributed by atoms with van der Waals surface area (Å²) in [6.45, 7) is 2.44. The summed E-state index contributed by atoms with van der Waals surface area (Å²) in [5.41, 5.74) is 2.05. The van der Waals surface area contributed by atoms with Crippen LogP contribution in [0.4, 0.5) is 0 Å². The zero-order valence-corrected chi connectivity index (χ0v) is 18.4. The second-order valence-corrected chi connectivity index (χ2v) is 7.82. The lowest BCUT2D eigenvalue weighted by atomic mass is 9.98. The summed E-state index contributed by atoms with van der Waals surface area (Å²) in [5, 5.41) is 13.0. The number of hydrogen-bond acceptors (Lipinski definition) is 5. The fourth-order valence-electron chi connectivity index (χ4n) is 3.57. The summed E-state index contributed by atoms with van der Waals surface area (Å²) in [6, 6.07) is 20.0. The highest BCUT2D eigenvalue weighted by atomic mass is 16.7. The smallest absolute Gasteiger partial charge is 0.303 e. The van der Waals surface area contributed by atoms with E-state index in [2.05, 4.69) is 11.2 Å². The first-order valence-electron chi connectivity index (χ1n) is 11.1.